The van der Waals surface area contributed by atoms with Crippen molar-refractivity contribution in [1.82, 2.24) is 19.5 Å². The molecule has 0 saturated heterocycles. The van der Waals surface area contributed by atoms with Gasteiger partial charge >= 0.3 is 0 Å². The first kappa shape index (κ1) is 9.12. The fourth-order valence-corrected chi connectivity index (χ4v) is 1.75. The molecule has 2 heterocycles. The molecular weight excluding hydrogens is 176 g/mol. The predicted octanol–water partition coefficient (Wildman–Crippen LogP) is 2.02. The van der Waals surface area contributed by atoms with Crippen LogP contribution in [-0.4, -0.2) is 19.5 Å². The Hall–Kier alpha value is -1.45. The molecule has 0 aromatic carbocycles. The summed E-state index contributed by atoms with van der Waals surface area (Å²) < 4.78 is 2.13. The molecule has 0 radical (unpaired) electrons. The van der Waals surface area contributed by atoms with Crippen LogP contribution in [-0.2, 0) is 0 Å². The number of imidazole rings is 1. The average molecular weight is 190 g/mol. The topological polar surface area (TPSA) is 43.6 Å². The largest absolute Gasteiger partial charge is 0.310 e. The Morgan fingerprint density at radius 2 is 1.93 bits per heavy atom. The molecule has 0 aliphatic rings. The molecule has 0 N–H and O–H groups in total. The maximum absolute atomic E-state index is 4.47. The Morgan fingerprint density at radius 3 is 2.57 bits per heavy atom. The van der Waals surface area contributed by atoms with Crippen LogP contribution in [0.15, 0.2) is 6.33 Å². The highest BCUT2D eigenvalue weighted by molar-refractivity contribution is 5.73. The first-order valence-electron chi connectivity index (χ1n) is 4.77. The van der Waals surface area contributed by atoms with Crippen molar-refractivity contribution in [1.29, 1.82) is 0 Å². The minimum absolute atomic E-state index is 0.384. The standard InChI is InChI=1S/C10H14N4/c1-6(2)14-8(4)13-9-7(3)11-5-12-10(9)14/h5-6H,1-4H3. The van der Waals surface area contributed by atoms with Gasteiger partial charge in [0.05, 0.1) is 5.69 Å². The molecule has 0 amide bonds. The van der Waals surface area contributed by atoms with E-state index in [-0.39, 0.29) is 0 Å². The van der Waals surface area contributed by atoms with Gasteiger partial charge in [-0.2, -0.15) is 0 Å². The van der Waals surface area contributed by atoms with E-state index in [2.05, 4.69) is 33.4 Å². The van der Waals surface area contributed by atoms with E-state index in [1.54, 1.807) is 6.33 Å². The van der Waals surface area contributed by atoms with Crippen molar-refractivity contribution in [3.05, 3.63) is 17.8 Å². The molecule has 0 aliphatic carbocycles. The SMILES string of the molecule is Cc1ncnc2c1nc(C)n2C(C)C. The van der Waals surface area contributed by atoms with Crippen LogP contribution in [0.25, 0.3) is 11.2 Å². The second-order valence-corrected chi connectivity index (χ2v) is 3.75. The number of nitrogens with zero attached hydrogens (tertiary/aromatic N) is 4. The lowest BCUT2D eigenvalue weighted by Gasteiger charge is -2.09. The van der Waals surface area contributed by atoms with Crippen LogP contribution in [0.5, 0.6) is 0 Å². The zero-order chi connectivity index (χ0) is 10.3. The van der Waals surface area contributed by atoms with Crippen LogP contribution in [0.1, 0.15) is 31.4 Å². The van der Waals surface area contributed by atoms with E-state index >= 15 is 0 Å². The molecule has 14 heavy (non-hydrogen) atoms. The fourth-order valence-electron chi connectivity index (χ4n) is 1.75. The molecule has 0 unspecified atom stereocenters. The number of rotatable bonds is 1. The summed E-state index contributed by atoms with van der Waals surface area (Å²) in [5.41, 5.74) is 2.79. The van der Waals surface area contributed by atoms with E-state index in [0.29, 0.717) is 6.04 Å². The average Bonchev–Trinajstić information content (AvgIpc) is 2.42. The molecule has 2 rings (SSSR count). The third-order valence-corrected chi connectivity index (χ3v) is 2.35. The first-order valence-corrected chi connectivity index (χ1v) is 4.77. The summed E-state index contributed by atoms with van der Waals surface area (Å²) in [5.74, 6) is 0.999. The Kier molecular flexibility index (Phi) is 1.98. The maximum Gasteiger partial charge on any atom is 0.163 e. The molecule has 0 fully saturated rings. The summed E-state index contributed by atoms with van der Waals surface area (Å²) in [6.07, 6.45) is 1.59. The molecule has 2 aromatic heterocycles. The van der Waals surface area contributed by atoms with Gasteiger partial charge in [0.15, 0.2) is 5.65 Å². The van der Waals surface area contributed by atoms with Crippen molar-refractivity contribution in [2.75, 3.05) is 0 Å². The van der Waals surface area contributed by atoms with Crippen molar-refractivity contribution in [3.63, 3.8) is 0 Å². The van der Waals surface area contributed by atoms with Gasteiger partial charge in [-0.05, 0) is 27.7 Å². The minimum Gasteiger partial charge on any atom is -0.310 e. The van der Waals surface area contributed by atoms with Gasteiger partial charge in [0.2, 0.25) is 0 Å². The fraction of sp³-hybridized carbons (Fsp3) is 0.500. The quantitative estimate of drug-likeness (QED) is 0.691. The van der Waals surface area contributed by atoms with Gasteiger partial charge in [-0.3, -0.25) is 0 Å². The zero-order valence-corrected chi connectivity index (χ0v) is 8.94. The number of hydrogen-bond donors (Lipinski definition) is 0. The first-order chi connectivity index (χ1) is 6.61. The number of aryl methyl sites for hydroxylation is 2. The van der Waals surface area contributed by atoms with Crippen molar-refractivity contribution in [2.45, 2.75) is 33.7 Å². The van der Waals surface area contributed by atoms with Gasteiger partial charge in [-0.15, -0.1) is 0 Å². The third kappa shape index (κ3) is 1.18. The smallest absolute Gasteiger partial charge is 0.163 e. The molecule has 0 atom stereocenters. The summed E-state index contributed by atoms with van der Waals surface area (Å²) in [5, 5.41) is 0. The normalized spacial score (nSPS) is 11.5. The van der Waals surface area contributed by atoms with E-state index in [4.69, 9.17) is 0 Å². The van der Waals surface area contributed by atoms with Crippen LogP contribution in [0.2, 0.25) is 0 Å². The highest BCUT2D eigenvalue weighted by Crippen LogP contribution is 2.19. The molecule has 4 heteroatoms. The third-order valence-electron chi connectivity index (χ3n) is 2.35. The van der Waals surface area contributed by atoms with Gasteiger partial charge in [-0.1, -0.05) is 0 Å². The highest BCUT2D eigenvalue weighted by Gasteiger charge is 2.12. The molecule has 0 saturated carbocycles. The zero-order valence-electron chi connectivity index (χ0n) is 8.94. The highest BCUT2D eigenvalue weighted by atomic mass is 15.2. The Bertz CT molecular complexity index is 470. The van der Waals surface area contributed by atoms with Gasteiger partial charge in [-0.25, -0.2) is 15.0 Å². The molecule has 0 aliphatic heterocycles. The van der Waals surface area contributed by atoms with E-state index < -0.39 is 0 Å². The van der Waals surface area contributed by atoms with Crippen molar-refractivity contribution < 1.29 is 0 Å². The molecule has 74 valence electrons. The van der Waals surface area contributed by atoms with E-state index in [1.807, 2.05) is 13.8 Å². The van der Waals surface area contributed by atoms with Crippen LogP contribution >= 0.6 is 0 Å². The number of hydrogen-bond acceptors (Lipinski definition) is 3. The lowest BCUT2D eigenvalue weighted by Crippen LogP contribution is -2.03. The van der Waals surface area contributed by atoms with Gasteiger partial charge in [0.1, 0.15) is 17.7 Å². The molecular formula is C10H14N4. The molecule has 2 aromatic rings. The van der Waals surface area contributed by atoms with Gasteiger partial charge in [0, 0.05) is 6.04 Å². The van der Waals surface area contributed by atoms with E-state index in [1.165, 1.54) is 0 Å². The molecule has 0 bridgehead atoms. The number of aromatic nitrogens is 4. The molecule has 4 nitrogen and oxygen atoms in total. The summed E-state index contributed by atoms with van der Waals surface area (Å²) in [6, 6.07) is 0.384. The maximum atomic E-state index is 4.47. The Morgan fingerprint density at radius 1 is 1.21 bits per heavy atom. The summed E-state index contributed by atoms with van der Waals surface area (Å²) in [6.45, 7) is 8.22. The Labute approximate surface area is 83.0 Å². The summed E-state index contributed by atoms with van der Waals surface area (Å²) >= 11 is 0. The lowest BCUT2D eigenvalue weighted by molar-refractivity contribution is 0.595. The summed E-state index contributed by atoms with van der Waals surface area (Å²) in [7, 11) is 0. The number of fused-ring (bicyclic) bond motifs is 1. The van der Waals surface area contributed by atoms with Crippen molar-refractivity contribution in [2.24, 2.45) is 0 Å². The van der Waals surface area contributed by atoms with Gasteiger partial charge in [0.25, 0.3) is 0 Å². The second kappa shape index (κ2) is 3.04. The second-order valence-electron chi connectivity index (χ2n) is 3.75. The van der Waals surface area contributed by atoms with Crippen LogP contribution in [0.3, 0.4) is 0 Å². The van der Waals surface area contributed by atoms with Crippen molar-refractivity contribution in [3.8, 4) is 0 Å². The summed E-state index contributed by atoms with van der Waals surface area (Å²) in [4.78, 5) is 12.9. The predicted molar refractivity (Wildman–Crippen MR) is 55.2 cm³/mol. The van der Waals surface area contributed by atoms with Crippen LogP contribution in [0, 0.1) is 13.8 Å². The lowest BCUT2D eigenvalue weighted by atomic mass is 10.3. The van der Waals surface area contributed by atoms with E-state index in [9.17, 15) is 0 Å². The molecule has 0 spiro atoms. The van der Waals surface area contributed by atoms with Crippen molar-refractivity contribution >= 4 is 11.2 Å². The van der Waals surface area contributed by atoms with E-state index in [0.717, 1.165) is 22.7 Å². The minimum atomic E-state index is 0.384. The van der Waals surface area contributed by atoms with Crippen LogP contribution < -0.4 is 0 Å². The monoisotopic (exact) mass is 190 g/mol. The Balaban J connectivity index is 2.83. The van der Waals surface area contributed by atoms with Gasteiger partial charge < -0.3 is 4.57 Å². The van der Waals surface area contributed by atoms with Crippen LogP contribution in [0.4, 0.5) is 0 Å².